The number of fused-ring (bicyclic) bond motifs is 1. The lowest BCUT2D eigenvalue weighted by Gasteiger charge is -2.31. The highest BCUT2D eigenvalue weighted by molar-refractivity contribution is 5.67. The molecule has 2 aromatic carbocycles. The van der Waals surface area contributed by atoms with Gasteiger partial charge in [-0.2, -0.15) is 5.26 Å². The standard InChI is InChI=1S/C28H34N2O5/c1-19(31)35-25(18-34-26-14-20(9-11-27(32)33)8-10-24(26)16-29)17-30-28(2,3)15-21-12-22-6-4-5-7-23(22)13-21/h4-8,10,14,21,25,30H,9,11-13,15,17-18H2,1-3H3,(H,32,33)/t25-/m1/s1. The number of esters is 1. The lowest BCUT2D eigenvalue weighted by atomic mass is 9.88. The Morgan fingerprint density at radius 2 is 1.89 bits per heavy atom. The summed E-state index contributed by atoms with van der Waals surface area (Å²) in [5.41, 5.74) is 3.80. The summed E-state index contributed by atoms with van der Waals surface area (Å²) in [5, 5.41) is 21.9. The van der Waals surface area contributed by atoms with Crippen molar-refractivity contribution < 1.29 is 24.2 Å². The Balaban J connectivity index is 1.58. The minimum absolute atomic E-state index is 0.00745. The Hall–Kier alpha value is -3.37. The molecule has 0 aliphatic heterocycles. The second kappa shape index (κ2) is 11.9. The molecule has 0 unspecified atom stereocenters. The van der Waals surface area contributed by atoms with Crippen LogP contribution in [0.5, 0.6) is 5.75 Å². The summed E-state index contributed by atoms with van der Waals surface area (Å²) in [6.07, 6.45) is 2.93. The van der Waals surface area contributed by atoms with Crippen LogP contribution in [0.1, 0.15) is 55.9 Å². The quantitative estimate of drug-likeness (QED) is 0.443. The van der Waals surface area contributed by atoms with Crippen LogP contribution in [0.15, 0.2) is 42.5 Å². The molecule has 0 radical (unpaired) electrons. The fourth-order valence-corrected chi connectivity index (χ4v) is 4.72. The van der Waals surface area contributed by atoms with Crippen molar-refractivity contribution in [1.82, 2.24) is 5.32 Å². The van der Waals surface area contributed by atoms with Crippen LogP contribution in [0.2, 0.25) is 0 Å². The molecule has 186 valence electrons. The van der Waals surface area contributed by atoms with E-state index >= 15 is 0 Å². The molecule has 7 nitrogen and oxygen atoms in total. The lowest BCUT2D eigenvalue weighted by molar-refractivity contribution is -0.147. The summed E-state index contributed by atoms with van der Waals surface area (Å²) in [6.45, 7) is 6.16. The van der Waals surface area contributed by atoms with Gasteiger partial charge in [0.1, 0.15) is 24.5 Å². The third-order valence-electron chi connectivity index (χ3n) is 6.29. The van der Waals surface area contributed by atoms with Crippen molar-refractivity contribution in [3.8, 4) is 11.8 Å². The first-order valence-electron chi connectivity index (χ1n) is 12.0. The number of nitriles is 1. The van der Waals surface area contributed by atoms with Gasteiger partial charge in [0.25, 0.3) is 0 Å². The molecular weight excluding hydrogens is 444 g/mol. The molecule has 0 bridgehead atoms. The number of aryl methyl sites for hydroxylation is 1. The molecule has 0 saturated carbocycles. The fraction of sp³-hybridized carbons (Fsp3) is 0.464. The number of ether oxygens (including phenoxy) is 2. The third-order valence-corrected chi connectivity index (χ3v) is 6.29. The van der Waals surface area contributed by atoms with Crippen LogP contribution in [0.3, 0.4) is 0 Å². The predicted octanol–water partition coefficient (Wildman–Crippen LogP) is 4.06. The minimum Gasteiger partial charge on any atom is -0.488 e. The highest BCUT2D eigenvalue weighted by Crippen LogP contribution is 2.32. The van der Waals surface area contributed by atoms with Crippen LogP contribution in [0.25, 0.3) is 0 Å². The first kappa shape index (κ1) is 26.2. The van der Waals surface area contributed by atoms with Gasteiger partial charge < -0.3 is 19.9 Å². The molecule has 7 heteroatoms. The maximum Gasteiger partial charge on any atom is 0.303 e. The Morgan fingerprint density at radius 3 is 2.49 bits per heavy atom. The Morgan fingerprint density at radius 1 is 1.20 bits per heavy atom. The number of carbonyl (C=O) groups is 2. The van der Waals surface area contributed by atoms with E-state index in [2.05, 4.69) is 49.5 Å². The van der Waals surface area contributed by atoms with Gasteiger partial charge in [-0.25, -0.2) is 0 Å². The summed E-state index contributed by atoms with van der Waals surface area (Å²) in [5.74, 6) is -0.373. The highest BCUT2D eigenvalue weighted by Gasteiger charge is 2.29. The van der Waals surface area contributed by atoms with Crippen LogP contribution in [-0.4, -0.2) is 41.8 Å². The topological polar surface area (TPSA) is 109 Å². The Kier molecular flexibility index (Phi) is 8.89. The van der Waals surface area contributed by atoms with E-state index in [1.165, 1.54) is 18.1 Å². The number of aliphatic carboxylic acids is 1. The van der Waals surface area contributed by atoms with Gasteiger partial charge in [-0.05, 0) is 74.3 Å². The number of rotatable bonds is 12. The number of benzene rings is 2. The number of hydrogen-bond acceptors (Lipinski definition) is 6. The molecule has 35 heavy (non-hydrogen) atoms. The number of hydrogen-bond donors (Lipinski definition) is 2. The summed E-state index contributed by atoms with van der Waals surface area (Å²) in [7, 11) is 0. The average Bonchev–Trinajstić information content (AvgIpc) is 3.20. The van der Waals surface area contributed by atoms with Crippen LogP contribution in [0, 0.1) is 17.2 Å². The zero-order valence-corrected chi connectivity index (χ0v) is 20.7. The van der Waals surface area contributed by atoms with E-state index in [1.54, 1.807) is 18.2 Å². The van der Waals surface area contributed by atoms with Crippen molar-refractivity contribution in [2.24, 2.45) is 5.92 Å². The second-order valence-electron chi connectivity index (χ2n) is 9.89. The summed E-state index contributed by atoms with van der Waals surface area (Å²) in [4.78, 5) is 22.6. The van der Waals surface area contributed by atoms with Crippen molar-refractivity contribution in [3.63, 3.8) is 0 Å². The third kappa shape index (κ3) is 8.11. The highest BCUT2D eigenvalue weighted by atomic mass is 16.6. The van der Waals surface area contributed by atoms with Crippen molar-refractivity contribution >= 4 is 11.9 Å². The Labute approximate surface area is 207 Å². The van der Waals surface area contributed by atoms with Gasteiger partial charge in [-0.1, -0.05) is 30.3 Å². The molecule has 0 fully saturated rings. The van der Waals surface area contributed by atoms with Gasteiger partial charge in [0, 0.05) is 25.4 Å². The molecular formula is C28H34N2O5. The molecule has 0 heterocycles. The molecule has 0 amide bonds. The summed E-state index contributed by atoms with van der Waals surface area (Å²) < 4.78 is 11.4. The maximum atomic E-state index is 11.7. The largest absolute Gasteiger partial charge is 0.488 e. The van der Waals surface area contributed by atoms with E-state index in [1.807, 2.05) is 0 Å². The zero-order valence-electron chi connectivity index (χ0n) is 20.7. The summed E-state index contributed by atoms with van der Waals surface area (Å²) >= 11 is 0. The molecule has 1 aliphatic rings. The summed E-state index contributed by atoms with van der Waals surface area (Å²) in [6, 6.07) is 15.7. The van der Waals surface area contributed by atoms with Gasteiger partial charge in [-0.3, -0.25) is 9.59 Å². The van der Waals surface area contributed by atoms with E-state index in [9.17, 15) is 14.9 Å². The molecule has 0 saturated heterocycles. The predicted molar refractivity (Wildman–Crippen MR) is 132 cm³/mol. The number of nitrogens with one attached hydrogen (secondary N) is 1. The molecule has 3 rings (SSSR count). The van der Waals surface area contributed by atoms with E-state index in [0.717, 1.165) is 24.8 Å². The van der Waals surface area contributed by atoms with E-state index in [-0.39, 0.29) is 18.6 Å². The van der Waals surface area contributed by atoms with Crippen LogP contribution >= 0.6 is 0 Å². The molecule has 2 aromatic rings. The lowest BCUT2D eigenvalue weighted by Crippen LogP contribution is -2.47. The van der Waals surface area contributed by atoms with E-state index in [0.29, 0.717) is 30.2 Å². The van der Waals surface area contributed by atoms with Gasteiger partial charge in [-0.15, -0.1) is 0 Å². The maximum absolute atomic E-state index is 11.7. The molecule has 2 N–H and O–H groups in total. The Bertz CT molecular complexity index is 1060. The smallest absolute Gasteiger partial charge is 0.303 e. The normalized spacial score (nSPS) is 14.1. The first-order chi connectivity index (χ1) is 16.6. The molecule has 0 aromatic heterocycles. The first-order valence-corrected chi connectivity index (χ1v) is 12.0. The molecule has 0 spiro atoms. The second-order valence-corrected chi connectivity index (χ2v) is 9.89. The monoisotopic (exact) mass is 478 g/mol. The number of nitrogens with zero attached hydrogens (tertiary/aromatic N) is 1. The van der Waals surface area contributed by atoms with Gasteiger partial charge >= 0.3 is 11.9 Å². The average molecular weight is 479 g/mol. The van der Waals surface area contributed by atoms with Crippen molar-refractivity contribution in [3.05, 3.63) is 64.7 Å². The molecule has 1 aliphatic carbocycles. The number of carboxylic acid groups (broad SMARTS) is 1. The van der Waals surface area contributed by atoms with Crippen LogP contribution in [-0.2, 0) is 33.6 Å². The van der Waals surface area contributed by atoms with Crippen LogP contribution < -0.4 is 10.1 Å². The SMILES string of the molecule is CC(=O)O[C@H](CNC(C)(C)CC1Cc2ccccc2C1)COc1cc(CCC(=O)O)ccc1C#N. The van der Waals surface area contributed by atoms with Gasteiger partial charge in [0.15, 0.2) is 0 Å². The van der Waals surface area contributed by atoms with Crippen molar-refractivity contribution in [2.45, 2.75) is 64.5 Å². The minimum atomic E-state index is -0.887. The van der Waals surface area contributed by atoms with Crippen molar-refractivity contribution in [2.75, 3.05) is 13.2 Å². The number of carbonyl (C=O) groups excluding carboxylic acids is 1. The zero-order chi connectivity index (χ0) is 25.4. The van der Waals surface area contributed by atoms with Crippen molar-refractivity contribution in [1.29, 1.82) is 5.26 Å². The van der Waals surface area contributed by atoms with E-state index in [4.69, 9.17) is 14.6 Å². The van der Waals surface area contributed by atoms with Gasteiger partial charge in [0.05, 0.1) is 5.56 Å². The number of carboxylic acids is 1. The van der Waals surface area contributed by atoms with E-state index < -0.39 is 18.0 Å². The van der Waals surface area contributed by atoms with Gasteiger partial charge in [0.2, 0.25) is 0 Å². The fourth-order valence-electron chi connectivity index (χ4n) is 4.72. The molecule has 1 atom stereocenters. The van der Waals surface area contributed by atoms with Crippen LogP contribution in [0.4, 0.5) is 0 Å².